The normalized spacial score (nSPS) is 13.4. The van der Waals surface area contributed by atoms with Crippen LogP contribution >= 0.6 is 0 Å². The summed E-state index contributed by atoms with van der Waals surface area (Å²) in [5, 5.41) is 15.5. The predicted molar refractivity (Wildman–Crippen MR) is 154 cm³/mol. The molecule has 8 heteroatoms. The zero-order valence-electron chi connectivity index (χ0n) is 25.0. The third-order valence-electron chi connectivity index (χ3n) is 5.92. The topological polar surface area (TPSA) is 108 Å². The Kier molecular flexibility index (Phi) is 10.2. The lowest BCUT2D eigenvalue weighted by Crippen LogP contribution is -2.57. The van der Waals surface area contributed by atoms with Crippen molar-refractivity contribution in [1.82, 2.24) is 15.5 Å². The number of phenols is 1. The van der Waals surface area contributed by atoms with Crippen LogP contribution in [0.5, 0.6) is 5.75 Å². The Hall–Kier alpha value is -3.55. The molecule has 0 radical (unpaired) electrons. The Morgan fingerprint density at radius 2 is 1.54 bits per heavy atom. The van der Waals surface area contributed by atoms with Crippen LogP contribution in [0.2, 0.25) is 0 Å². The molecule has 3 amide bonds. The SMILES string of the molecule is Cc1ccc(C(C(=O)NC(C)(C)C)N(C(=O)C(Cc2ccc(O)cc2)NC(=O)OC(C)(C)C)C(C)C)c(C)c1. The van der Waals surface area contributed by atoms with Crippen LogP contribution in [0.4, 0.5) is 4.79 Å². The molecular formula is C31H45N3O5. The van der Waals surface area contributed by atoms with Gasteiger partial charge in [-0.15, -0.1) is 0 Å². The number of benzene rings is 2. The monoisotopic (exact) mass is 539 g/mol. The highest BCUT2D eigenvalue weighted by Gasteiger charge is 2.39. The molecule has 2 unspecified atom stereocenters. The van der Waals surface area contributed by atoms with E-state index in [4.69, 9.17) is 4.74 Å². The molecule has 214 valence electrons. The molecule has 0 aliphatic heterocycles. The minimum atomic E-state index is -1.03. The molecule has 0 heterocycles. The Balaban J connectivity index is 2.61. The predicted octanol–water partition coefficient (Wildman–Crippen LogP) is 5.34. The molecular weight excluding hydrogens is 494 g/mol. The molecule has 2 aromatic carbocycles. The maximum absolute atomic E-state index is 14.3. The number of alkyl carbamates (subject to hydrolysis) is 1. The third kappa shape index (κ3) is 9.61. The number of aromatic hydroxyl groups is 1. The van der Waals surface area contributed by atoms with Crippen LogP contribution in [0.25, 0.3) is 0 Å². The highest BCUT2D eigenvalue weighted by molar-refractivity contribution is 5.93. The van der Waals surface area contributed by atoms with E-state index in [1.165, 1.54) is 12.1 Å². The molecule has 0 bridgehead atoms. The zero-order chi connectivity index (χ0) is 29.7. The van der Waals surface area contributed by atoms with Gasteiger partial charge in [-0.1, -0.05) is 35.9 Å². The fourth-order valence-electron chi connectivity index (χ4n) is 4.37. The minimum absolute atomic E-state index is 0.0966. The summed E-state index contributed by atoms with van der Waals surface area (Å²) in [6, 6.07) is 9.91. The second-order valence-corrected chi connectivity index (χ2v) is 12.4. The van der Waals surface area contributed by atoms with Gasteiger partial charge in [0.2, 0.25) is 11.8 Å². The Labute approximate surface area is 233 Å². The molecule has 2 aromatic rings. The van der Waals surface area contributed by atoms with Gasteiger partial charge in [-0.05, 0) is 98.1 Å². The van der Waals surface area contributed by atoms with Gasteiger partial charge in [-0.3, -0.25) is 9.59 Å². The Bertz CT molecular complexity index is 1160. The number of carbonyl (C=O) groups excluding carboxylic acids is 3. The summed E-state index contributed by atoms with van der Waals surface area (Å²) in [5.41, 5.74) is 2.09. The number of phenolic OH excluding ortho intramolecular Hbond substituents is 1. The van der Waals surface area contributed by atoms with Gasteiger partial charge >= 0.3 is 6.09 Å². The molecule has 8 nitrogen and oxygen atoms in total. The maximum Gasteiger partial charge on any atom is 0.408 e. The molecule has 0 aliphatic carbocycles. The van der Waals surface area contributed by atoms with Gasteiger partial charge < -0.3 is 25.4 Å². The van der Waals surface area contributed by atoms with Crippen LogP contribution in [0, 0.1) is 13.8 Å². The maximum atomic E-state index is 14.3. The van der Waals surface area contributed by atoms with Crippen LogP contribution in [-0.4, -0.2) is 51.1 Å². The van der Waals surface area contributed by atoms with Crippen LogP contribution < -0.4 is 10.6 Å². The summed E-state index contributed by atoms with van der Waals surface area (Å²) >= 11 is 0. The first-order chi connectivity index (χ1) is 17.9. The van der Waals surface area contributed by atoms with E-state index < -0.39 is 35.2 Å². The van der Waals surface area contributed by atoms with Gasteiger partial charge in [0.25, 0.3) is 0 Å². The second kappa shape index (κ2) is 12.5. The van der Waals surface area contributed by atoms with E-state index in [9.17, 15) is 19.5 Å². The second-order valence-electron chi connectivity index (χ2n) is 12.4. The summed E-state index contributed by atoms with van der Waals surface area (Å²) in [4.78, 5) is 42.6. The first kappa shape index (κ1) is 31.7. The molecule has 0 fully saturated rings. The van der Waals surface area contributed by atoms with Crippen molar-refractivity contribution in [1.29, 1.82) is 0 Å². The number of amides is 3. The Morgan fingerprint density at radius 1 is 0.949 bits per heavy atom. The number of nitrogens with one attached hydrogen (secondary N) is 2. The Morgan fingerprint density at radius 3 is 2.03 bits per heavy atom. The molecule has 0 spiro atoms. The molecule has 0 saturated carbocycles. The molecule has 0 saturated heterocycles. The average molecular weight is 540 g/mol. The lowest BCUT2D eigenvalue weighted by atomic mass is 9.94. The fourth-order valence-corrected chi connectivity index (χ4v) is 4.37. The summed E-state index contributed by atoms with van der Waals surface area (Å²) in [6.07, 6.45) is -0.590. The number of carbonyl (C=O) groups is 3. The molecule has 0 aromatic heterocycles. The lowest BCUT2D eigenvalue weighted by Gasteiger charge is -2.39. The average Bonchev–Trinajstić information content (AvgIpc) is 2.76. The number of nitrogens with zero attached hydrogens (tertiary/aromatic N) is 1. The van der Waals surface area contributed by atoms with Crippen molar-refractivity contribution in [3.63, 3.8) is 0 Å². The van der Waals surface area contributed by atoms with E-state index in [-0.39, 0.29) is 24.1 Å². The smallest absolute Gasteiger partial charge is 0.408 e. The van der Waals surface area contributed by atoms with Crippen molar-refractivity contribution in [2.45, 2.75) is 105 Å². The van der Waals surface area contributed by atoms with Crippen LogP contribution in [-0.2, 0) is 20.7 Å². The van der Waals surface area contributed by atoms with Crippen LogP contribution in [0.1, 0.15) is 83.7 Å². The van der Waals surface area contributed by atoms with E-state index in [1.54, 1.807) is 37.8 Å². The molecule has 2 rings (SSSR count). The zero-order valence-corrected chi connectivity index (χ0v) is 25.0. The van der Waals surface area contributed by atoms with Gasteiger partial charge in [0, 0.05) is 18.0 Å². The van der Waals surface area contributed by atoms with Crippen molar-refractivity contribution in [2.24, 2.45) is 0 Å². The fraction of sp³-hybridized carbons (Fsp3) is 0.516. The van der Waals surface area contributed by atoms with Crippen molar-refractivity contribution in [3.8, 4) is 5.75 Å². The summed E-state index contributed by atoms with van der Waals surface area (Å²) in [6.45, 7) is 18.5. The first-order valence-corrected chi connectivity index (χ1v) is 13.4. The number of rotatable bonds is 8. The number of hydrogen-bond donors (Lipinski definition) is 3. The van der Waals surface area contributed by atoms with Gasteiger partial charge in [-0.2, -0.15) is 0 Å². The van der Waals surface area contributed by atoms with E-state index >= 15 is 0 Å². The minimum Gasteiger partial charge on any atom is -0.508 e. The summed E-state index contributed by atoms with van der Waals surface area (Å²) < 4.78 is 5.47. The quantitative estimate of drug-likeness (QED) is 0.420. The van der Waals surface area contributed by atoms with Crippen LogP contribution in [0.15, 0.2) is 42.5 Å². The molecule has 2 atom stereocenters. The van der Waals surface area contributed by atoms with Crippen molar-refractivity contribution in [3.05, 3.63) is 64.7 Å². The highest BCUT2D eigenvalue weighted by Crippen LogP contribution is 2.29. The van der Waals surface area contributed by atoms with Crippen LogP contribution in [0.3, 0.4) is 0 Å². The summed E-state index contributed by atoms with van der Waals surface area (Å²) in [5.74, 6) is -0.630. The van der Waals surface area contributed by atoms with Gasteiger partial charge in [0.15, 0.2) is 0 Å². The van der Waals surface area contributed by atoms with Gasteiger partial charge in [-0.25, -0.2) is 4.79 Å². The van der Waals surface area contributed by atoms with Gasteiger partial charge in [0.05, 0.1) is 0 Å². The van der Waals surface area contributed by atoms with Crippen molar-refractivity contribution < 1.29 is 24.2 Å². The standard InChI is InChI=1S/C31H45N3O5/c1-19(2)34(26(27(36)33-30(5,6)7)24-16-11-20(3)17-21(24)4)28(37)25(32-29(38)39-31(8,9)10)18-22-12-14-23(35)15-13-22/h11-17,19,25-26,35H,18H2,1-10H3,(H,32,38)(H,33,36). The molecule has 39 heavy (non-hydrogen) atoms. The molecule has 3 N–H and O–H groups in total. The highest BCUT2D eigenvalue weighted by atomic mass is 16.6. The van der Waals surface area contributed by atoms with E-state index in [1.807, 2.05) is 66.7 Å². The third-order valence-corrected chi connectivity index (χ3v) is 5.92. The largest absolute Gasteiger partial charge is 0.508 e. The number of hydrogen-bond acceptors (Lipinski definition) is 5. The van der Waals surface area contributed by atoms with Gasteiger partial charge in [0.1, 0.15) is 23.4 Å². The van der Waals surface area contributed by atoms with Crippen molar-refractivity contribution >= 4 is 17.9 Å². The van der Waals surface area contributed by atoms with E-state index in [0.717, 1.165) is 16.7 Å². The van der Waals surface area contributed by atoms with Crippen molar-refractivity contribution in [2.75, 3.05) is 0 Å². The summed E-state index contributed by atoms with van der Waals surface area (Å²) in [7, 11) is 0. The number of ether oxygens (including phenoxy) is 1. The molecule has 0 aliphatic rings. The number of aryl methyl sites for hydroxylation is 2. The first-order valence-electron chi connectivity index (χ1n) is 13.4. The lowest BCUT2D eigenvalue weighted by molar-refractivity contribution is -0.145. The van der Waals surface area contributed by atoms with E-state index in [0.29, 0.717) is 5.56 Å². The van der Waals surface area contributed by atoms with E-state index in [2.05, 4.69) is 10.6 Å².